The van der Waals surface area contributed by atoms with Crippen LogP contribution in [0.5, 0.6) is 11.5 Å². The summed E-state index contributed by atoms with van der Waals surface area (Å²) >= 11 is 0. The van der Waals surface area contributed by atoms with Crippen LogP contribution in [-0.2, 0) is 14.8 Å². The van der Waals surface area contributed by atoms with E-state index in [4.69, 9.17) is 20.4 Å². The number of rotatable bonds is 6. The number of aliphatic hydroxyl groups excluding tert-OH is 2. The summed E-state index contributed by atoms with van der Waals surface area (Å²) in [5, 5.41) is 37.5. The van der Waals surface area contributed by atoms with Gasteiger partial charge in [-0.05, 0) is 24.3 Å². The topological polar surface area (TPSA) is 109 Å². The first-order valence-electron chi connectivity index (χ1n) is 4.81. The molecule has 7 nitrogen and oxygen atoms in total. The van der Waals surface area contributed by atoms with Crippen LogP contribution >= 0.6 is 0 Å². The van der Waals surface area contributed by atoms with Crippen molar-refractivity contribution in [2.45, 2.75) is 0 Å². The lowest BCUT2D eigenvalue weighted by atomic mass is 10.3. The molecule has 0 aromatic heterocycles. The summed E-state index contributed by atoms with van der Waals surface area (Å²) in [6, 6.07) is 5.70. The van der Waals surface area contributed by atoms with Gasteiger partial charge in [0, 0.05) is 0 Å². The Morgan fingerprint density at radius 1 is 0.765 bits per heavy atom. The minimum Gasteiger partial charge on any atom is -0.508 e. The van der Waals surface area contributed by atoms with E-state index < -0.39 is 0 Å². The number of aromatic hydroxyl groups is 2. The molecular formula is C10H16O7. The molecule has 0 saturated heterocycles. The molecule has 0 aliphatic rings. The molecule has 0 amide bonds. The van der Waals surface area contributed by atoms with Gasteiger partial charge in [-0.25, -0.2) is 9.78 Å². The molecular weight excluding hydrogens is 232 g/mol. The lowest BCUT2D eigenvalue weighted by molar-refractivity contribution is -0.513. The first-order chi connectivity index (χ1) is 8.20. The molecule has 1 aromatic carbocycles. The van der Waals surface area contributed by atoms with Crippen LogP contribution in [0, 0.1) is 0 Å². The molecule has 0 bridgehead atoms. The third-order valence-corrected chi connectivity index (χ3v) is 1.30. The summed E-state index contributed by atoms with van der Waals surface area (Å²) in [6.45, 7) is -0.123. The molecule has 0 aliphatic carbocycles. The molecule has 0 spiro atoms. The van der Waals surface area contributed by atoms with Crippen molar-refractivity contribution in [1.82, 2.24) is 0 Å². The first kappa shape index (κ1) is 15.6. The highest BCUT2D eigenvalue weighted by Crippen LogP contribution is 2.13. The Morgan fingerprint density at radius 2 is 1.12 bits per heavy atom. The largest absolute Gasteiger partial charge is 0.508 e. The molecule has 0 aliphatic heterocycles. The zero-order chi connectivity index (χ0) is 12.9. The van der Waals surface area contributed by atoms with Crippen LogP contribution in [0.1, 0.15) is 0 Å². The van der Waals surface area contributed by atoms with Crippen molar-refractivity contribution in [3.8, 4) is 11.5 Å². The van der Waals surface area contributed by atoms with E-state index in [1.165, 1.54) is 24.3 Å². The number of phenols is 2. The summed E-state index contributed by atoms with van der Waals surface area (Å²) in [5.41, 5.74) is 0. The van der Waals surface area contributed by atoms with Gasteiger partial charge in [-0.2, -0.15) is 0 Å². The van der Waals surface area contributed by atoms with Crippen molar-refractivity contribution in [3.05, 3.63) is 24.3 Å². The van der Waals surface area contributed by atoms with E-state index in [-0.39, 0.29) is 37.9 Å². The Kier molecular flexibility index (Phi) is 10.2. The van der Waals surface area contributed by atoms with Crippen LogP contribution in [0.3, 0.4) is 0 Å². The molecule has 0 atom stereocenters. The van der Waals surface area contributed by atoms with Crippen LogP contribution in [0.4, 0.5) is 0 Å². The van der Waals surface area contributed by atoms with Gasteiger partial charge in [0.25, 0.3) is 0 Å². The summed E-state index contributed by atoms with van der Waals surface area (Å²) in [7, 11) is 0. The van der Waals surface area contributed by atoms with Gasteiger partial charge in [0.15, 0.2) is 0 Å². The van der Waals surface area contributed by atoms with Gasteiger partial charge >= 0.3 is 0 Å². The normalized spacial score (nSPS) is 9.53. The Hall–Kier alpha value is -1.38. The van der Waals surface area contributed by atoms with Gasteiger partial charge < -0.3 is 20.4 Å². The second-order valence-corrected chi connectivity index (χ2v) is 2.68. The zero-order valence-corrected chi connectivity index (χ0v) is 9.15. The molecule has 0 radical (unpaired) electrons. The van der Waals surface area contributed by atoms with Crippen molar-refractivity contribution >= 4 is 0 Å². The zero-order valence-electron chi connectivity index (χ0n) is 9.15. The Balaban J connectivity index is 0.000000302. The van der Waals surface area contributed by atoms with E-state index in [1.54, 1.807) is 0 Å². The molecule has 0 fully saturated rings. The predicted octanol–water partition coefficient (Wildman–Crippen LogP) is -0.0514. The van der Waals surface area contributed by atoms with Crippen LogP contribution < -0.4 is 0 Å². The lowest BCUT2D eigenvalue weighted by Crippen LogP contribution is -2.04. The first-order valence-corrected chi connectivity index (χ1v) is 4.81. The van der Waals surface area contributed by atoms with E-state index in [1.807, 2.05) is 0 Å². The van der Waals surface area contributed by atoms with E-state index in [0.717, 1.165) is 0 Å². The molecule has 7 heteroatoms. The van der Waals surface area contributed by atoms with E-state index >= 15 is 0 Å². The Bertz CT molecular complexity index is 235. The third kappa shape index (κ3) is 10.9. The molecule has 0 unspecified atom stereocenters. The Labute approximate surface area is 98.3 Å². The molecule has 98 valence electrons. The van der Waals surface area contributed by atoms with Crippen molar-refractivity contribution in [1.29, 1.82) is 0 Å². The summed E-state index contributed by atoms with van der Waals surface area (Å²) < 4.78 is 0. The highest BCUT2D eigenvalue weighted by atomic mass is 17.5. The SMILES string of the molecule is OCCOOOCCO.Oc1ccc(O)cc1. The van der Waals surface area contributed by atoms with E-state index in [2.05, 4.69) is 14.8 Å². The van der Waals surface area contributed by atoms with Gasteiger partial charge in [0.2, 0.25) is 0 Å². The highest BCUT2D eigenvalue weighted by Gasteiger charge is 1.86. The number of aliphatic hydroxyl groups is 2. The van der Waals surface area contributed by atoms with Crippen molar-refractivity contribution in [2.24, 2.45) is 0 Å². The fraction of sp³-hybridized carbons (Fsp3) is 0.400. The van der Waals surface area contributed by atoms with Crippen LogP contribution in [0.25, 0.3) is 0 Å². The molecule has 1 aromatic rings. The molecule has 0 saturated carbocycles. The fourth-order valence-electron chi connectivity index (χ4n) is 0.629. The van der Waals surface area contributed by atoms with E-state index in [9.17, 15) is 0 Å². The second kappa shape index (κ2) is 11.1. The van der Waals surface area contributed by atoms with Crippen LogP contribution in [0.15, 0.2) is 24.3 Å². The van der Waals surface area contributed by atoms with Crippen molar-refractivity contribution < 1.29 is 35.2 Å². The van der Waals surface area contributed by atoms with Crippen LogP contribution in [0.2, 0.25) is 0 Å². The van der Waals surface area contributed by atoms with E-state index in [0.29, 0.717) is 0 Å². The average molecular weight is 248 g/mol. The van der Waals surface area contributed by atoms with Gasteiger partial charge in [-0.15, -0.1) is 0 Å². The highest BCUT2D eigenvalue weighted by molar-refractivity contribution is 5.28. The summed E-state index contributed by atoms with van der Waals surface area (Å²) in [4.78, 5) is 8.40. The maximum Gasteiger partial charge on any atom is 0.115 e. The lowest BCUT2D eigenvalue weighted by Gasteiger charge is -1.98. The van der Waals surface area contributed by atoms with Gasteiger partial charge in [-0.3, -0.25) is 0 Å². The summed E-state index contributed by atoms with van der Waals surface area (Å²) in [6.07, 6.45) is 0. The number of benzene rings is 1. The van der Waals surface area contributed by atoms with Gasteiger partial charge in [0.05, 0.1) is 13.2 Å². The fourth-order valence-corrected chi connectivity index (χ4v) is 0.629. The predicted molar refractivity (Wildman–Crippen MR) is 56.9 cm³/mol. The minimum atomic E-state index is -0.123. The maximum absolute atomic E-state index is 8.65. The number of hydrogen-bond donors (Lipinski definition) is 4. The quantitative estimate of drug-likeness (QED) is 0.242. The molecule has 0 heterocycles. The maximum atomic E-state index is 8.65. The molecule has 17 heavy (non-hydrogen) atoms. The second-order valence-electron chi connectivity index (χ2n) is 2.68. The number of phenolic OH excluding ortho intramolecular Hbond substituents is 2. The van der Waals surface area contributed by atoms with Crippen molar-refractivity contribution in [2.75, 3.05) is 26.4 Å². The van der Waals surface area contributed by atoms with Gasteiger partial charge in [0.1, 0.15) is 24.7 Å². The third-order valence-electron chi connectivity index (χ3n) is 1.30. The smallest absolute Gasteiger partial charge is 0.115 e. The molecule has 1 rings (SSSR count). The summed E-state index contributed by atoms with van der Waals surface area (Å²) in [5.74, 6) is 0.339. The van der Waals surface area contributed by atoms with Gasteiger partial charge in [-0.1, -0.05) is 5.04 Å². The monoisotopic (exact) mass is 248 g/mol. The van der Waals surface area contributed by atoms with Crippen molar-refractivity contribution in [3.63, 3.8) is 0 Å². The molecule has 4 N–H and O–H groups in total. The standard InChI is InChI=1S/C6H6O2.C4H10O5/c7-5-1-2-6(8)4-3-5;5-1-3-7-9-8-4-2-6/h1-4,7-8H;5-6H,1-4H2. The Morgan fingerprint density at radius 3 is 1.41 bits per heavy atom. The minimum absolute atomic E-state index is 0.0609. The average Bonchev–Trinajstić information content (AvgIpc) is 2.34. The number of hydrogen-bond acceptors (Lipinski definition) is 7. The van der Waals surface area contributed by atoms with Crippen LogP contribution in [-0.4, -0.2) is 46.9 Å².